The van der Waals surface area contributed by atoms with E-state index >= 15 is 0 Å². The zero-order valence-electron chi connectivity index (χ0n) is 13.3. The fraction of sp³-hybridized carbons (Fsp3) is 1.00. The van der Waals surface area contributed by atoms with E-state index in [0.29, 0.717) is 18.0 Å². The Morgan fingerprint density at radius 2 is 1.70 bits per heavy atom. The predicted molar refractivity (Wildman–Crippen MR) is 81.7 cm³/mol. The molecule has 2 saturated heterocycles. The number of β-amino-alcohol motifs (C(OH)–C–C–N with tert-alkyl or cyclic N) is 2. The molecule has 4 heteroatoms. The molecule has 0 bridgehead atoms. The van der Waals surface area contributed by atoms with Crippen LogP contribution in [0.2, 0.25) is 0 Å². The Labute approximate surface area is 123 Å². The van der Waals surface area contributed by atoms with Crippen LogP contribution in [0.3, 0.4) is 0 Å². The fourth-order valence-electron chi connectivity index (χ4n) is 3.82. The Hall–Kier alpha value is -0.160. The highest BCUT2D eigenvalue weighted by molar-refractivity contribution is 4.84. The average Bonchev–Trinajstić information content (AvgIpc) is 2.37. The van der Waals surface area contributed by atoms with Gasteiger partial charge in [-0.15, -0.1) is 0 Å². The maximum atomic E-state index is 10.1. The summed E-state index contributed by atoms with van der Waals surface area (Å²) >= 11 is 0. The summed E-state index contributed by atoms with van der Waals surface area (Å²) in [4.78, 5) is 4.82. The minimum absolute atomic E-state index is 0.143. The SMILES string of the molecule is CC(C)N1CC(O)CC(CC(C)N2CCC[C@H](O)C2)C1. The van der Waals surface area contributed by atoms with Gasteiger partial charge in [0.1, 0.15) is 0 Å². The number of aliphatic hydroxyl groups excluding tert-OH is 2. The lowest BCUT2D eigenvalue weighted by Crippen LogP contribution is -2.49. The van der Waals surface area contributed by atoms with E-state index in [0.717, 1.165) is 51.9 Å². The molecule has 0 aliphatic carbocycles. The fourth-order valence-corrected chi connectivity index (χ4v) is 3.82. The normalized spacial score (nSPS) is 35.4. The number of rotatable bonds is 4. The van der Waals surface area contributed by atoms with Crippen LogP contribution >= 0.6 is 0 Å². The van der Waals surface area contributed by atoms with Crippen LogP contribution in [0.1, 0.15) is 46.5 Å². The standard InChI is InChI=1S/C16H32N2O2/c1-12(2)18-9-14(8-16(20)11-18)7-13(3)17-6-4-5-15(19)10-17/h12-16,19-20H,4-11H2,1-3H3/t13?,14?,15-,16?/m0/s1. The van der Waals surface area contributed by atoms with E-state index in [4.69, 9.17) is 0 Å². The minimum Gasteiger partial charge on any atom is -0.392 e. The zero-order valence-corrected chi connectivity index (χ0v) is 13.3. The van der Waals surface area contributed by atoms with E-state index < -0.39 is 0 Å². The second kappa shape index (κ2) is 7.21. The minimum atomic E-state index is -0.171. The van der Waals surface area contributed by atoms with Crippen molar-refractivity contribution < 1.29 is 10.2 Å². The topological polar surface area (TPSA) is 46.9 Å². The lowest BCUT2D eigenvalue weighted by atomic mass is 9.88. The first-order chi connectivity index (χ1) is 9.45. The third-order valence-electron chi connectivity index (χ3n) is 5.00. The molecule has 2 rings (SSSR count). The van der Waals surface area contributed by atoms with E-state index in [9.17, 15) is 10.2 Å². The first-order valence-electron chi connectivity index (χ1n) is 8.30. The van der Waals surface area contributed by atoms with E-state index in [2.05, 4.69) is 30.6 Å². The van der Waals surface area contributed by atoms with Gasteiger partial charge in [-0.3, -0.25) is 9.80 Å². The van der Waals surface area contributed by atoms with Gasteiger partial charge in [0, 0.05) is 31.7 Å². The second-order valence-electron chi connectivity index (χ2n) is 7.18. The predicted octanol–water partition coefficient (Wildman–Crippen LogP) is 1.31. The molecule has 0 spiro atoms. The lowest BCUT2D eigenvalue weighted by molar-refractivity contribution is 0.00456. The molecule has 4 atom stereocenters. The van der Waals surface area contributed by atoms with Gasteiger partial charge < -0.3 is 10.2 Å². The van der Waals surface area contributed by atoms with Gasteiger partial charge >= 0.3 is 0 Å². The second-order valence-corrected chi connectivity index (χ2v) is 7.18. The van der Waals surface area contributed by atoms with E-state index in [-0.39, 0.29) is 12.2 Å². The number of aliphatic hydroxyl groups is 2. The molecule has 0 amide bonds. The number of likely N-dealkylation sites (tertiary alicyclic amines) is 2. The van der Waals surface area contributed by atoms with Gasteiger partial charge in [-0.1, -0.05) is 0 Å². The van der Waals surface area contributed by atoms with Crippen molar-refractivity contribution in [1.29, 1.82) is 0 Å². The number of hydrogen-bond acceptors (Lipinski definition) is 4. The molecule has 0 saturated carbocycles. The summed E-state index contributed by atoms with van der Waals surface area (Å²) < 4.78 is 0. The maximum Gasteiger partial charge on any atom is 0.0670 e. The molecule has 2 N–H and O–H groups in total. The van der Waals surface area contributed by atoms with Crippen LogP contribution in [-0.2, 0) is 0 Å². The van der Waals surface area contributed by atoms with Crippen molar-refractivity contribution in [2.75, 3.05) is 26.2 Å². The highest BCUT2D eigenvalue weighted by atomic mass is 16.3. The Morgan fingerprint density at radius 3 is 2.35 bits per heavy atom. The summed E-state index contributed by atoms with van der Waals surface area (Å²) in [5.41, 5.74) is 0. The molecule has 4 nitrogen and oxygen atoms in total. The van der Waals surface area contributed by atoms with Crippen molar-refractivity contribution in [3.05, 3.63) is 0 Å². The van der Waals surface area contributed by atoms with Crippen molar-refractivity contribution in [3.8, 4) is 0 Å². The summed E-state index contributed by atoms with van der Waals surface area (Å²) in [5.74, 6) is 0.579. The third kappa shape index (κ3) is 4.42. The van der Waals surface area contributed by atoms with Crippen molar-refractivity contribution in [1.82, 2.24) is 9.80 Å². The van der Waals surface area contributed by atoms with Crippen LogP contribution in [-0.4, -0.2) is 70.5 Å². The van der Waals surface area contributed by atoms with Gasteiger partial charge in [0.25, 0.3) is 0 Å². The third-order valence-corrected chi connectivity index (χ3v) is 5.00. The summed E-state index contributed by atoms with van der Waals surface area (Å²) in [7, 11) is 0. The van der Waals surface area contributed by atoms with Crippen LogP contribution in [0.15, 0.2) is 0 Å². The first-order valence-corrected chi connectivity index (χ1v) is 8.30. The van der Waals surface area contributed by atoms with Gasteiger partial charge in [0.2, 0.25) is 0 Å². The maximum absolute atomic E-state index is 10.1. The van der Waals surface area contributed by atoms with Crippen LogP contribution in [0.5, 0.6) is 0 Å². The van der Waals surface area contributed by atoms with Crippen molar-refractivity contribution >= 4 is 0 Å². The van der Waals surface area contributed by atoms with Crippen molar-refractivity contribution in [2.45, 2.75) is 70.7 Å². The summed E-state index contributed by atoms with van der Waals surface area (Å²) in [6, 6.07) is 1.02. The molecular weight excluding hydrogens is 252 g/mol. The van der Waals surface area contributed by atoms with Crippen LogP contribution in [0.4, 0.5) is 0 Å². The molecule has 0 aromatic carbocycles. The molecule has 2 fully saturated rings. The summed E-state index contributed by atoms with van der Waals surface area (Å²) in [6.45, 7) is 10.6. The quantitative estimate of drug-likeness (QED) is 0.817. The Balaban J connectivity index is 1.84. The highest BCUT2D eigenvalue weighted by Gasteiger charge is 2.30. The molecule has 3 unspecified atom stereocenters. The molecule has 20 heavy (non-hydrogen) atoms. The summed E-state index contributed by atoms with van der Waals surface area (Å²) in [5, 5.41) is 19.9. The van der Waals surface area contributed by atoms with Crippen molar-refractivity contribution in [3.63, 3.8) is 0 Å². The molecular formula is C16H32N2O2. The molecule has 2 aliphatic heterocycles. The Kier molecular flexibility index (Phi) is 5.84. The molecule has 2 heterocycles. The number of hydrogen-bond donors (Lipinski definition) is 2. The Bertz CT molecular complexity index is 298. The van der Waals surface area contributed by atoms with Gasteiger partial charge in [-0.25, -0.2) is 0 Å². The number of piperidine rings is 2. The lowest BCUT2D eigenvalue weighted by Gasteiger charge is -2.41. The summed E-state index contributed by atoms with van der Waals surface area (Å²) in [6.07, 6.45) is 3.81. The molecule has 0 aromatic rings. The first kappa shape index (κ1) is 16.2. The van der Waals surface area contributed by atoms with Crippen LogP contribution in [0, 0.1) is 5.92 Å². The zero-order chi connectivity index (χ0) is 14.7. The van der Waals surface area contributed by atoms with Crippen molar-refractivity contribution in [2.24, 2.45) is 5.92 Å². The Morgan fingerprint density at radius 1 is 1.00 bits per heavy atom. The number of nitrogens with zero attached hydrogens (tertiary/aromatic N) is 2. The van der Waals surface area contributed by atoms with Gasteiger partial charge in [0.15, 0.2) is 0 Å². The van der Waals surface area contributed by atoms with Gasteiger partial charge in [0.05, 0.1) is 12.2 Å². The molecule has 0 aromatic heterocycles. The molecule has 2 aliphatic rings. The highest BCUT2D eigenvalue weighted by Crippen LogP contribution is 2.25. The van der Waals surface area contributed by atoms with E-state index in [1.165, 1.54) is 0 Å². The van der Waals surface area contributed by atoms with Gasteiger partial charge in [-0.05, 0) is 58.9 Å². The average molecular weight is 284 g/mol. The largest absolute Gasteiger partial charge is 0.392 e. The van der Waals surface area contributed by atoms with E-state index in [1.54, 1.807) is 0 Å². The van der Waals surface area contributed by atoms with Crippen LogP contribution < -0.4 is 0 Å². The van der Waals surface area contributed by atoms with Gasteiger partial charge in [-0.2, -0.15) is 0 Å². The molecule has 0 radical (unpaired) electrons. The molecule has 118 valence electrons. The van der Waals surface area contributed by atoms with Crippen LogP contribution in [0.25, 0.3) is 0 Å². The smallest absolute Gasteiger partial charge is 0.0670 e. The van der Waals surface area contributed by atoms with E-state index in [1.807, 2.05) is 0 Å². The monoisotopic (exact) mass is 284 g/mol.